The molecular formula is C11H17NS. The second kappa shape index (κ2) is 5.18. The molecule has 0 spiro atoms. The molecule has 0 saturated heterocycles. The summed E-state index contributed by atoms with van der Waals surface area (Å²) < 4.78 is 0. The Kier molecular flexibility index (Phi) is 4.16. The molecule has 0 heterocycles. The summed E-state index contributed by atoms with van der Waals surface area (Å²) in [6, 6.07) is 6.40. The third-order valence-electron chi connectivity index (χ3n) is 2.09. The summed E-state index contributed by atoms with van der Waals surface area (Å²) in [5, 5.41) is 3.46. The fourth-order valence-electron chi connectivity index (χ4n) is 1.37. The Hall–Kier alpha value is -0.630. The second-order valence-corrected chi connectivity index (χ2v) is 4.17. The van der Waals surface area contributed by atoms with Gasteiger partial charge in [-0.25, -0.2) is 0 Å². The largest absolute Gasteiger partial charge is 0.384 e. The van der Waals surface area contributed by atoms with Gasteiger partial charge in [0.25, 0.3) is 0 Å². The summed E-state index contributed by atoms with van der Waals surface area (Å²) in [4.78, 5) is 0. The monoisotopic (exact) mass is 195 g/mol. The number of aryl methyl sites for hydroxylation is 2. The van der Waals surface area contributed by atoms with Gasteiger partial charge in [-0.15, -0.1) is 0 Å². The van der Waals surface area contributed by atoms with Crippen molar-refractivity contribution in [2.24, 2.45) is 0 Å². The van der Waals surface area contributed by atoms with Gasteiger partial charge in [0.15, 0.2) is 0 Å². The summed E-state index contributed by atoms with van der Waals surface area (Å²) in [5.41, 5.74) is 3.97. The van der Waals surface area contributed by atoms with Crippen LogP contribution in [0.1, 0.15) is 11.1 Å². The Bertz CT molecular complexity index is 251. The van der Waals surface area contributed by atoms with Gasteiger partial charge in [0.2, 0.25) is 0 Å². The van der Waals surface area contributed by atoms with Crippen LogP contribution >= 0.6 is 11.8 Å². The minimum absolute atomic E-state index is 1.05. The highest BCUT2D eigenvalue weighted by atomic mass is 32.2. The average molecular weight is 195 g/mol. The quantitative estimate of drug-likeness (QED) is 0.741. The van der Waals surface area contributed by atoms with E-state index in [9.17, 15) is 0 Å². The fourth-order valence-corrected chi connectivity index (χ4v) is 1.68. The van der Waals surface area contributed by atoms with Crippen LogP contribution < -0.4 is 5.32 Å². The van der Waals surface area contributed by atoms with Crippen molar-refractivity contribution >= 4 is 17.4 Å². The molecule has 0 atom stereocenters. The van der Waals surface area contributed by atoms with Gasteiger partial charge >= 0.3 is 0 Å². The summed E-state index contributed by atoms with van der Waals surface area (Å²) in [5.74, 6) is 1.16. The molecular weight excluding hydrogens is 178 g/mol. The van der Waals surface area contributed by atoms with E-state index in [-0.39, 0.29) is 0 Å². The number of thioether (sulfide) groups is 1. The molecule has 1 aromatic rings. The maximum Gasteiger partial charge on any atom is 0.0399 e. The maximum absolute atomic E-state index is 3.46. The molecule has 0 aromatic heterocycles. The number of hydrogen-bond acceptors (Lipinski definition) is 2. The van der Waals surface area contributed by atoms with E-state index in [4.69, 9.17) is 0 Å². The van der Waals surface area contributed by atoms with E-state index in [1.807, 2.05) is 11.8 Å². The molecule has 1 N–H and O–H groups in total. The van der Waals surface area contributed by atoms with E-state index >= 15 is 0 Å². The molecule has 0 bridgehead atoms. The minimum Gasteiger partial charge on any atom is -0.384 e. The summed E-state index contributed by atoms with van der Waals surface area (Å²) in [6.45, 7) is 5.34. The summed E-state index contributed by atoms with van der Waals surface area (Å²) in [6.07, 6.45) is 2.13. The van der Waals surface area contributed by atoms with Crippen LogP contribution in [0.15, 0.2) is 18.2 Å². The first-order valence-electron chi connectivity index (χ1n) is 4.54. The molecule has 1 nitrogen and oxygen atoms in total. The molecule has 0 unspecified atom stereocenters. The number of benzene rings is 1. The maximum atomic E-state index is 3.46. The van der Waals surface area contributed by atoms with Gasteiger partial charge in [-0.1, -0.05) is 18.2 Å². The van der Waals surface area contributed by atoms with E-state index in [1.165, 1.54) is 16.8 Å². The molecule has 1 rings (SSSR count). The highest BCUT2D eigenvalue weighted by molar-refractivity contribution is 7.98. The third-order valence-corrected chi connectivity index (χ3v) is 2.70. The van der Waals surface area contributed by atoms with Gasteiger partial charge in [0, 0.05) is 18.0 Å². The number of hydrogen-bond donors (Lipinski definition) is 1. The molecule has 0 fully saturated rings. The molecule has 1 aromatic carbocycles. The van der Waals surface area contributed by atoms with Crippen LogP contribution in [0, 0.1) is 13.8 Å². The predicted octanol–water partition coefficient (Wildman–Crippen LogP) is 3.08. The summed E-state index contributed by atoms with van der Waals surface area (Å²) in [7, 11) is 0. The zero-order valence-corrected chi connectivity index (χ0v) is 9.37. The summed E-state index contributed by atoms with van der Waals surface area (Å²) >= 11 is 1.87. The first-order chi connectivity index (χ1) is 6.25. The standard InChI is InChI=1S/C11H17NS/c1-9-5-4-6-10(2)11(9)12-7-8-13-3/h4-6,12H,7-8H2,1-3H3. The number of para-hydroxylation sites is 1. The molecule has 0 aliphatic carbocycles. The van der Waals surface area contributed by atoms with Crippen molar-refractivity contribution in [3.8, 4) is 0 Å². The van der Waals surface area contributed by atoms with Gasteiger partial charge in [-0.05, 0) is 31.2 Å². The highest BCUT2D eigenvalue weighted by Crippen LogP contribution is 2.18. The lowest BCUT2D eigenvalue weighted by Gasteiger charge is -2.11. The first kappa shape index (κ1) is 10.5. The predicted molar refractivity (Wildman–Crippen MR) is 62.8 cm³/mol. The van der Waals surface area contributed by atoms with E-state index in [2.05, 4.69) is 43.6 Å². The zero-order valence-electron chi connectivity index (χ0n) is 8.55. The molecule has 0 aliphatic rings. The SMILES string of the molecule is CSCCNc1c(C)cccc1C. The molecule has 0 radical (unpaired) electrons. The van der Waals surface area contributed by atoms with Crippen LogP contribution in [0.4, 0.5) is 5.69 Å². The van der Waals surface area contributed by atoms with E-state index in [0.717, 1.165) is 12.3 Å². The van der Waals surface area contributed by atoms with Gasteiger partial charge < -0.3 is 5.32 Å². The van der Waals surface area contributed by atoms with Gasteiger partial charge in [-0.2, -0.15) is 11.8 Å². The van der Waals surface area contributed by atoms with Crippen molar-refractivity contribution in [3.05, 3.63) is 29.3 Å². The molecule has 0 aliphatic heterocycles. The zero-order chi connectivity index (χ0) is 9.68. The highest BCUT2D eigenvalue weighted by Gasteiger charge is 1.99. The number of anilines is 1. The van der Waals surface area contributed by atoms with Crippen molar-refractivity contribution in [2.45, 2.75) is 13.8 Å². The van der Waals surface area contributed by atoms with E-state index in [1.54, 1.807) is 0 Å². The van der Waals surface area contributed by atoms with E-state index < -0.39 is 0 Å². The Morgan fingerprint density at radius 3 is 2.38 bits per heavy atom. The lowest BCUT2D eigenvalue weighted by atomic mass is 10.1. The Labute approximate surface area is 84.9 Å². The van der Waals surface area contributed by atoms with E-state index in [0.29, 0.717) is 0 Å². The Morgan fingerprint density at radius 1 is 1.23 bits per heavy atom. The number of rotatable bonds is 4. The van der Waals surface area contributed by atoms with Crippen LogP contribution in [0.2, 0.25) is 0 Å². The van der Waals surface area contributed by atoms with Crippen LogP contribution in [0.25, 0.3) is 0 Å². The minimum atomic E-state index is 1.05. The van der Waals surface area contributed by atoms with Gasteiger partial charge in [0.05, 0.1) is 0 Å². The molecule has 0 saturated carbocycles. The van der Waals surface area contributed by atoms with Crippen molar-refractivity contribution in [3.63, 3.8) is 0 Å². The fraction of sp³-hybridized carbons (Fsp3) is 0.455. The average Bonchev–Trinajstić information content (AvgIpc) is 2.10. The number of nitrogens with one attached hydrogen (secondary N) is 1. The van der Waals surface area contributed by atoms with Crippen molar-refractivity contribution in [2.75, 3.05) is 23.9 Å². The lowest BCUT2D eigenvalue weighted by Crippen LogP contribution is -2.06. The third kappa shape index (κ3) is 2.96. The molecule has 2 heteroatoms. The molecule has 0 amide bonds. The van der Waals surface area contributed by atoms with Crippen LogP contribution in [-0.4, -0.2) is 18.6 Å². The second-order valence-electron chi connectivity index (χ2n) is 3.19. The Morgan fingerprint density at radius 2 is 1.85 bits per heavy atom. The van der Waals surface area contributed by atoms with Gasteiger partial charge in [-0.3, -0.25) is 0 Å². The normalized spacial score (nSPS) is 10.1. The van der Waals surface area contributed by atoms with Crippen LogP contribution in [0.3, 0.4) is 0 Å². The molecule has 72 valence electrons. The van der Waals surface area contributed by atoms with Crippen molar-refractivity contribution in [1.29, 1.82) is 0 Å². The van der Waals surface area contributed by atoms with Crippen molar-refractivity contribution in [1.82, 2.24) is 0 Å². The van der Waals surface area contributed by atoms with Crippen LogP contribution in [-0.2, 0) is 0 Å². The Balaban J connectivity index is 2.64. The molecule has 13 heavy (non-hydrogen) atoms. The van der Waals surface area contributed by atoms with Gasteiger partial charge in [0.1, 0.15) is 0 Å². The van der Waals surface area contributed by atoms with Crippen molar-refractivity contribution < 1.29 is 0 Å². The lowest BCUT2D eigenvalue weighted by molar-refractivity contribution is 1.20. The topological polar surface area (TPSA) is 12.0 Å². The van der Waals surface area contributed by atoms with Crippen LogP contribution in [0.5, 0.6) is 0 Å². The smallest absolute Gasteiger partial charge is 0.0399 e. The first-order valence-corrected chi connectivity index (χ1v) is 5.94.